The lowest BCUT2D eigenvalue weighted by Crippen LogP contribution is -2.14. The third-order valence-corrected chi connectivity index (χ3v) is 7.21. The third kappa shape index (κ3) is 8.46. The van der Waals surface area contributed by atoms with E-state index in [1.54, 1.807) is 35.9 Å². The molecule has 212 valence electrons. The van der Waals surface area contributed by atoms with E-state index in [2.05, 4.69) is 39.8 Å². The number of nitrogens with zero attached hydrogens (tertiary/aromatic N) is 1. The van der Waals surface area contributed by atoms with Crippen LogP contribution in [0.15, 0.2) is 77.4 Å². The summed E-state index contributed by atoms with van der Waals surface area (Å²) in [5.74, 6) is 0.115. The van der Waals surface area contributed by atoms with E-state index in [1.165, 1.54) is 16.7 Å². The van der Waals surface area contributed by atoms with E-state index < -0.39 is 0 Å². The number of allylic oxidation sites excluding steroid dienone is 5. The average molecular weight is 562 g/mol. The molecule has 0 atom stereocenters. The van der Waals surface area contributed by atoms with Crippen molar-refractivity contribution in [2.24, 2.45) is 0 Å². The minimum absolute atomic E-state index is 0.0525. The summed E-state index contributed by atoms with van der Waals surface area (Å²) in [6.45, 7) is 10.6. The number of methoxy groups -OCH3 is 1. The lowest BCUT2D eigenvalue weighted by Gasteiger charge is -2.08. The molecule has 3 rings (SSSR count). The summed E-state index contributed by atoms with van der Waals surface area (Å²) in [5, 5.41) is 1.35. The van der Waals surface area contributed by atoms with Gasteiger partial charge in [0.2, 0.25) is 0 Å². The standard InChI is InChI=1S/C34H40ClNO4/c1-23(2)9-7-10-24(3)11-8-12-25(4)19-20-40-33(37)22-30-26(5)36(32-18-17-29(39-6)21-31(30)32)34(38)27-13-15-28(35)16-14-27/h9,11,13-19,21H,7-8,10,12,20,22H2,1-6H3/b24-11+,25-19-. The molecular formula is C34H40ClNO4. The number of hydrogen-bond donors (Lipinski definition) is 0. The Kier molecular flexibility index (Phi) is 11.4. The molecule has 0 saturated heterocycles. The van der Waals surface area contributed by atoms with E-state index in [4.69, 9.17) is 21.1 Å². The van der Waals surface area contributed by atoms with Crippen LogP contribution in [0.2, 0.25) is 5.02 Å². The van der Waals surface area contributed by atoms with Crippen molar-refractivity contribution in [2.75, 3.05) is 13.7 Å². The molecule has 5 nitrogen and oxygen atoms in total. The first kappa shape index (κ1) is 31.0. The maximum absolute atomic E-state index is 13.5. The largest absolute Gasteiger partial charge is 0.497 e. The number of carbonyl (C=O) groups is 2. The van der Waals surface area contributed by atoms with Crippen LogP contribution >= 0.6 is 11.6 Å². The molecule has 0 aliphatic heterocycles. The topological polar surface area (TPSA) is 57.5 Å². The predicted octanol–water partition coefficient (Wildman–Crippen LogP) is 8.81. The Balaban J connectivity index is 1.68. The van der Waals surface area contributed by atoms with Crippen molar-refractivity contribution < 1.29 is 19.1 Å². The molecule has 0 amide bonds. The van der Waals surface area contributed by atoms with Crippen molar-refractivity contribution in [3.05, 3.63) is 99.3 Å². The normalized spacial score (nSPS) is 12.0. The second-order valence-electron chi connectivity index (χ2n) is 10.4. The molecule has 0 N–H and O–H groups in total. The molecule has 0 saturated carbocycles. The molecule has 2 aromatic carbocycles. The molecule has 0 unspecified atom stereocenters. The number of halogens is 1. The maximum Gasteiger partial charge on any atom is 0.310 e. The lowest BCUT2D eigenvalue weighted by molar-refractivity contribution is -0.141. The number of benzene rings is 2. The van der Waals surface area contributed by atoms with Gasteiger partial charge in [0.15, 0.2) is 0 Å². The van der Waals surface area contributed by atoms with Crippen LogP contribution in [0.4, 0.5) is 0 Å². The van der Waals surface area contributed by atoms with Crippen LogP contribution < -0.4 is 4.74 Å². The molecule has 3 aromatic rings. The van der Waals surface area contributed by atoms with E-state index in [9.17, 15) is 9.59 Å². The van der Waals surface area contributed by atoms with Gasteiger partial charge in [0.05, 0.1) is 19.0 Å². The second-order valence-corrected chi connectivity index (χ2v) is 10.9. The van der Waals surface area contributed by atoms with Gasteiger partial charge in [0.1, 0.15) is 12.4 Å². The lowest BCUT2D eigenvalue weighted by atomic mass is 10.1. The molecule has 0 spiro atoms. The number of aromatic nitrogens is 1. The van der Waals surface area contributed by atoms with Gasteiger partial charge in [-0.15, -0.1) is 0 Å². The average Bonchev–Trinajstić information content (AvgIpc) is 3.18. The fourth-order valence-electron chi connectivity index (χ4n) is 4.61. The van der Waals surface area contributed by atoms with Crippen LogP contribution in [0.5, 0.6) is 5.75 Å². The van der Waals surface area contributed by atoms with Crippen LogP contribution in [-0.4, -0.2) is 30.2 Å². The van der Waals surface area contributed by atoms with Crippen LogP contribution in [0, 0.1) is 6.92 Å². The zero-order valence-corrected chi connectivity index (χ0v) is 25.2. The number of fused-ring (bicyclic) bond motifs is 1. The highest BCUT2D eigenvalue weighted by Crippen LogP contribution is 2.31. The highest BCUT2D eigenvalue weighted by Gasteiger charge is 2.22. The zero-order chi connectivity index (χ0) is 29.2. The highest BCUT2D eigenvalue weighted by atomic mass is 35.5. The van der Waals surface area contributed by atoms with Crippen molar-refractivity contribution in [1.29, 1.82) is 0 Å². The van der Waals surface area contributed by atoms with Gasteiger partial charge in [-0.25, -0.2) is 0 Å². The van der Waals surface area contributed by atoms with Crippen LogP contribution in [0.1, 0.15) is 75.0 Å². The number of ether oxygens (including phenoxy) is 2. The van der Waals surface area contributed by atoms with Gasteiger partial charge in [-0.05, 0) is 114 Å². The van der Waals surface area contributed by atoms with E-state index in [0.29, 0.717) is 27.5 Å². The Morgan fingerprint density at radius 3 is 2.20 bits per heavy atom. The molecule has 1 aromatic heterocycles. The summed E-state index contributed by atoms with van der Waals surface area (Å²) < 4.78 is 12.6. The highest BCUT2D eigenvalue weighted by molar-refractivity contribution is 6.30. The van der Waals surface area contributed by atoms with Gasteiger partial charge in [-0.1, -0.05) is 40.5 Å². The van der Waals surface area contributed by atoms with Crippen LogP contribution in [-0.2, 0) is 16.0 Å². The maximum atomic E-state index is 13.5. The fourth-order valence-corrected chi connectivity index (χ4v) is 4.73. The van der Waals surface area contributed by atoms with Crippen LogP contribution in [0.3, 0.4) is 0 Å². The smallest absolute Gasteiger partial charge is 0.310 e. The van der Waals surface area contributed by atoms with Crippen molar-refractivity contribution in [2.45, 2.75) is 66.7 Å². The summed E-state index contributed by atoms with van der Waals surface area (Å²) in [6, 6.07) is 12.3. The molecule has 40 heavy (non-hydrogen) atoms. The predicted molar refractivity (Wildman–Crippen MR) is 164 cm³/mol. The molecular weight excluding hydrogens is 522 g/mol. The number of rotatable bonds is 12. The monoisotopic (exact) mass is 561 g/mol. The first-order valence-electron chi connectivity index (χ1n) is 13.7. The Hall–Kier alpha value is -3.57. The minimum atomic E-state index is -0.344. The third-order valence-electron chi connectivity index (χ3n) is 6.96. The van der Waals surface area contributed by atoms with Gasteiger partial charge < -0.3 is 9.47 Å². The van der Waals surface area contributed by atoms with Gasteiger partial charge >= 0.3 is 5.97 Å². The van der Waals surface area contributed by atoms with Crippen LogP contribution in [0.25, 0.3) is 10.9 Å². The Morgan fingerprint density at radius 2 is 1.55 bits per heavy atom. The summed E-state index contributed by atoms with van der Waals surface area (Å²) in [7, 11) is 1.59. The van der Waals surface area contributed by atoms with E-state index in [1.807, 2.05) is 31.2 Å². The summed E-state index contributed by atoms with van der Waals surface area (Å²) in [4.78, 5) is 26.3. The first-order valence-corrected chi connectivity index (χ1v) is 14.1. The molecule has 0 bridgehead atoms. The first-order chi connectivity index (χ1) is 19.1. The number of esters is 1. The fraction of sp³-hybridized carbons (Fsp3) is 0.353. The van der Waals surface area contributed by atoms with Crippen molar-refractivity contribution in [3.8, 4) is 5.75 Å². The Bertz CT molecular complexity index is 1440. The van der Waals surface area contributed by atoms with E-state index in [0.717, 1.165) is 36.6 Å². The molecule has 0 fully saturated rings. The van der Waals surface area contributed by atoms with Gasteiger partial charge in [0, 0.05) is 21.7 Å². The quantitative estimate of drug-likeness (QED) is 0.164. The van der Waals surface area contributed by atoms with Gasteiger partial charge in [-0.3, -0.25) is 14.2 Å². The summed E-state index contributed by atoms with van der Waals surface area (Å²) >= 11 is 6.02. The van der Waals surface area contributed by atoms with E-state index in [-0.39, 0.29) is 24.9 Å². The summed E-state index contributed by atoms with van der Waals surface area (Å²) in [5.41, 5.74) is 6.60. The van der Waals surface area contributed by atoms with E-state index >= 15 is 0 Å². The number of hydrogen-bond acceptors (Lipinski definition) is 4. The minimum Gasteiger partial charge on any atom is -0.497 e. The van der Waals surface area contributed by atoms with Gasteiger partial charge in [-0.2, -0.15) is 0 Å². The van der Waals surface area contributed by atoms with Gasteiger partial charge in [0.25, 0.3) is 5.91 Å². The molecule has 1 heterocycles. The second kappa shape index (κ2) is 14.7. The van der Waals surface area contributed by atoms with Crippen molar-refractivity contribution >= 4 is 34.4 Å². The molecule has 0 radical (unpaired) electrons. The SMILES string of the molecule is COc1ccc2c(c1)c(CC(=O)OC/C=C(/C)CC/C=C(\C)CCC=C(C)C)c(C)n2C(=O)c1ccc(Cl)cc1. The Labute approximate surface area is 243 Å². The molecule has 0 aliphatic carbocycles. The van der Waals surface area contributed by atoms with Crippen molar-refractivity contribution in [1.82, 2.24) is 4.57 Å². The molecule has 0 aliphatic rings. The van der Waals surface area contributed by atoms with Crippen molar-refractivity contribution in [3.63, 3.8) is 0 Å². The zero-order valence-electron chi connectivity index (χ0n) is 24.5. The number of carbonyl (C=O) groups excluding carboxylic acids is 2. The summed E-state index contributed by atoms with van der Waals surface area (Å²) in [6.07, 6.45) is 10.6. The molecule has 6 heteroatoms. The Morgan fingerprint density at radius 1 is 0.900 bits per heavy atom.